The van der Waals surface area contributed by atoms with E-state index in [0.29, 0.717) is 30.7 Å². The molecule has 2 heterocycles. The summed E-state index contributed by atoms with van der Waals surface area (Å²) >= 11 is 0. The number of ether oxygens (including phenoxy) is 3. The molecule has 2 aromatic rings. The number of nitrogens with zero attached hydrogens (tertiary/aromatic N) is 2. The molecule has 7 heteroatoms. The molecule has 2 aromatic carbocycles. The Hall–Kier alpha value is -3.58. The Kier molecular flexibility index (Phi) is 7.88. The van der Waals surface area contributed by atoms with Crippen LogP contribution in [0.1, 0.15) is 62.3 Å². The van der Waals surface area contributed by atoms with Crippen LogP contribution in [0.2, 0.25) is 0 Å². The van der Waals surface area contributed by atoms with Crippen molar-refractivity contribution in [2.75, 3.05) is 26.7 Å². The van der Waals surface area contributed by atoms with Gasteiger partial charge < -0.3 is 19.1 Å². The summed E-state index contributed by atoms with van der Waals surface area (Å²) in [6.07, 6.45) is 7.18. The van der Waals surface area contributed by atoms with Gasteiger partial charge in [0, 0.05) is 36.6 Å². The lowest BCUT2D eigenvalue weighted by Crippen LogP contribution is -2.69. The fourth-order valence-electron chi connectivity index (χ4n) is 8.55. The second kappa shape index (κ2) is 11.5. The summed E-state index contributed by atoms with van der Waals surface area (Å²) in [5.74, 6) is 2.49. The number of hydrogen-bond acceptors (Lipinski definition) is 6. The number of aryl methyl sites for hydroxylation is 1. The van der Waals surface area contributed by atoms with Gasteiger partial charge in [-0.3, -0.25) is 14.5 Å². The minimum Gasteiger partial charge on any atom is -0.493 e. The van der Waals surface area contributed by atoms with Gasteiger partial charge in [-0.25, -0.2) is 0 Å². The number of esters is 1. The number of rotatable bonds is 9. The minimum absolute atomic E-state index is 0.0317. The SMILES string of the molecule is C=C(CN1CC[C@]23c4c5ccc(OC)c4O[C@H]2[C@@H](N(CC(C)C)C(=O)C=Cc2cccc(C)c2)CC[C@H]3[C@H]1C5)OC(C)=O. The van der Waals surface area contributed by atoms with Crippen molar-refractivity contribution in [2.45, 2.75) is 77.0 Å². The summed E-state index contributed by atoms with van der Waals surface area (Å²) in [6, 6.07) is 12.7. The van der Waals surface area contributed by atoms with E-state index in [4.69, 9.17) is 14.2 Å². The maximum atomic E-state index is 14.0. The van der Waals surface area contributed by atoms with Crippen molar-refractivity contribution in [3.63, 3.8) is 0 Å². The fraction of sp³-hybridized carbons (Fsp3) is 0.500. The monoisotopic (exact) mass is 584 g/mol. The van der Waals surface area contributed by atoms with E-state index in [1.165, 1.54) is 23.6 Å². The molecule has 1 spiro atoms. The molecule has 2 bridgehead atoms. The predicted octanol–water partition coefficient (Wildman–Crippen LogP) is 5.69. The number of methoxy groups -OCH3 is 1. The lowest BCUT2D eigenvalue weighted by molar-refractivity contribution is -0.141. The van der Waals surface area contributed by atoms with Gasteiger partial charge in [0.1, 0.15) is 11.9 Å². The van der Waals surface area contributed by atoms with Gasteiger partial charge in [0.2, 0.25) is 5.91 Å². The number of benzene rings is 2. The molecule has 0 aromatic heterocycles. The molecule has 5 atom stereocenters. The van der Waals surface area contributed by atoms with Crippen LogP contribution in [0.25, 0.3) is 6.08 Å². The zero-order chi connectivity index (χ0) is 30.5. The van der Waals surface area contributed by atoms with Gasteiger partial charge in [0.25, 0.3) is 0 Å². The molecular weight excluding hydrogens is 540 g/mol. The molecule has 1 amide bonds. The van der Waals surface area contributed by atoms with Gasteiger partial charge in [0.15, 0.2) is 11.5 Å². The summed E-state index contributed by atoms with van der Waals surface area (Å²) in [5, 5.41) is 0. The normalized spacial score (nSPS) is 27.0. The fourth-order valence-corrected chi connectivity index (χ4v) is 8.55. The molecule has 1 saturated carbocycles. The van der Waals surface area contributed by atoms with Gasteiger partial charge >= 0.3 is 5.97 Å². The first-order valence-corrected chi connectivity index (χ1v) is 15.6. The Bertz CT molecular complexity index is 1460. The summed E-state index contributed by atoms with van der Waals surface area (Å²) in [5.41, 5.74) is 4.58. The van der Waals surface area contributed by atoms with Crippen LogP contribution in [0.4, 0.5) is 0 Å². The third kappa shape index (κ3) is 5.16. The van der Waals surface area contributed by atoms with Crippen LogP contribution in [0.3, 0.4) is 0 Å². The van der Waals surface area contributed by atoms with Crippen molar-refractivity contribution >= 4 is 18.0 Å². The second-order valence-electron chi connectivity index (χ2n) is 13.2. The predicted molar refractivity (Wildman–Crippen MR) is 167 cm³/mol. The maximum absolute atomic E-state index is 14.0. The first-order valence-electron chi connectivity index (χ1n) is 15.6. The highest BCUT2D eigenvalue weighted by atomic mass is 16.5. The Labute approximate surface area is 255 Å². The first-order chi connectivity index (χ1) is 20.6. The summed E-state index contributed by atoms with van der Waals surface area (Å²) in [6.45, 7) is 13.9. The van der Waals surface area contributed by atoms with Crippen molar-refractivity contribution in [3.8, 4) is 11.5 Å². The first kappa shape index (κ1) is 29.5. The average molecular weight is 585 g/mol. The lowest BCUT2D eigenvalue weighted by Gasteiger charge is -2.60. The standard InChI is InChI=1S/C36H44N2O5/c1-22(2)20-38(32(40)15-10-26-9-7-8-23(3)18-26)29-13-12-28-30-19-27-11-14-31(41-6)34-33(27)36(28,35(29)43-34)16-17-37(30)21-24(4)42-25(5)39/h7-11,14-15,18,22,28-30,35H,4,12-13,16-17,19-21H2,1-3,5-6H3/t28-,29-,30+,35-,36-/m0/s1. The van der Waals surface area contributed by atoms with Crippen molar-refractivity contribution in [1.29, 1.82) is 0 Å². The van der Waals surface area contributed by atoms with Crippen molar-refractivity contribution < 1.29 is 23.8 Å². The molecule has 0 radical (unpaired) electrons. The molecule has 4 aliphatic rings. The van der Waals surface area contributed by atoms with Crippen LogP contribution < -0.4 is 9.47 Å². The molecule has 0 unspecified atom stereocenters. The van der Waals surface area contributed by atoms with Crippen LogP contribution in [0.15, 0.2) is 54.8 Å². The maximum Gasteiger partial charge on any atom is 0.307 e. The quantitative estimate of drug-likeness (QED) is 0.215. The van der Waals surface area contributed by atoms with E-state index in [-0.39, 0.29) is 35.5 Å². The number of carbonyl (C=O) groups excluding carboxylic acids is 2. The minimum atomic E-state index is -0.333. The molecular formula is C36H44N2O5. The molecule has 0 N–H and O–H groups in total. The molecule has 7 nitrogen and oxygen atoms in total. The largest absolute Gasteiger partial charge is 0.493 e. The Morgan fingerprint density at radius 1 is 1.23 bits per heavy atom. The number of hydrogen-bond donors (Lipinski definition) is 0. The van der Waals surface area contributed by atoms with Gasteiger partial charge in [-0.2, -0.15) is 0 Å². The van der Waals surface area contributed by atoms with Crippen molar-refractivity contribution in [1.82, 2.24) is 9.80 Å². The Morgan fingerprint density at radius 2 is 2.05 bits per heavy atom. The highest BCUT2D eigenvalue weighted by Crippen LogP contribution is 2.64. The van der Waals surface area contributed by atoms with Crippen LogP contribution in [0.5, 0.6) is 11.5 Å². The van der Waals surface area contributed by atoms with E-state index < -0.39 is 0 Å². The van der Waals surface area contributed by atoms with E-state index in [9.17, 15) is 9.59 Å². The van der Waals surface area contributed by atoms with Crippen LogP contribution in [0, 0.1) is 18.8 Å². The van der Waals surface area contributed by atoms with Crippen molar-refractivity contribution in [2.24, 2.45) is 11.8 Å². The van der Waals surface area contributed by atoms with Crippen LogP contribution >= 0.6 is 0 Å². The number of carbonyl (C=O) groups is 2. The van der Waals surface area contributed by atoms with Gasteiger partial charge in [-0.05, 0) is 74.3 Å². The summed E-state index contributed by atoms with van der Waals surface area (Å²) < 4.78 is 18.2. The van der Waals surface area contributed by atoms with Crippen molar-refractivity contribution in [3.05, 3.63) is 77.1 Å². The summed E-state index contributed by atoms with van der Waals surface area (Å²) in [4.78, 5) is 30.2. The van der Waals surface area contributed by atoms with E-state index in [1.54, 1.807) is 13.2 Å². The highest BCUT2D eigenvalue weighted by Gasteiger charge is 2.66. The zero-order valence-corrected chi connectivity index (χ0v) is 26.1. The molecule has 2 aliphatic heterocycles. The number of likely N-dealkylation sites (tertiary alicyclic amines) is 1. The van der Waals surface area contributed by atoms with Gasteiger partial charge in [-0.15, -0.1) is 0 Å². The van der Waals surface area contributed by atoms with Crippen LogP contribution in [-0.2, 0) is 26.2 Å². The van der Waals surface area contributed by atoms with E-state index in [1.807, 2.05) is 24.3 Å². The zero-order valence-electron chi connectivity index (χ0n) is 26.1. The summed E-state index contributed by atoms with van der Waals surface area (Å²) in [7, 11) is 1.70. The highest BCUT2D eigenvalue weighted by molar-refractivity contribution is 5.92. The molecule has 2 aliphatic carbocycles. The molecule has 2 fully saturated rings. The third-order valence-electron chi connectivity index (χ3n) is 9.98. The molecule has 1 saturated heterocycles. The number of piperidine rings is 1. The van der Waals surface area contributed by atoms with Gasteiger partial charge in [-0.1, -0.05) is 56.3 Å². The Morgan fingerprint density at radius 3 is 2.77 bits per heavy atom. The van der Waals surface area contributed by atoms with Gasteiger partial charge in [0.05, 0.1) is 19.7 Å². The lowest BCUT2D eigenvalue weighted by atomic mass is 9.51. The van der Waals surface area contributed by atoms with E-state index in [2.05, 4.69) is 55.3 Å². The number of amides is 1. The molecule has 43 heavy (non-hydrogen) atoms. The molecule has 228 valence electrons. The van der Waals surface area contributed by atoms with E-state index in [0.717, 1.165) is 49.3 Å². The van der Waals surface area contributed by atoms with E-state index >= 15 is 0 Å². The smallest absolute Gasteiger partial charge is 0.307 e. The van der Waals surface area contributed by atoms with Crippen LogP contribution in [-0.4, -0.2) is 66.6 Å². The average Bonchev–Trinajstić information content (AvgIpc) is 3.30. The second-order valence-corrected chi connectivity index (χ2v) is 13.2. The third-order valence-corrected chi connectivity index (χ3v) is 9.98. The molecule has 6 rings (SSSR count). The topological polar surface area (TPSA) is 68.3 Å². The Balaban J connectivity index is 1.37.